The Hall–Kier alpha value is -1.81. The Kier molecular flexibility index (Phi) is 4.22. The molecule has 0 N–H and O–H groups in total. The molecule has 0 bridgehead atoms. The summed E-state index contributed by atoms with van der Waals surface area (Å²) in [7, 11) is 3.64. The van der Waals surface area contributed by atoms with Gasteiger partial charge in [-0.2, -0.15) is 0 Å². The quantitative estimate of drug-likeness (QED) is 0.805. The van der Waals surface area contributed by atoms with Crippen LogP contribution < -0.4 is 9.64 Å². The van der Waals surface area contributed by atoms with E-state index in [2.05, 4.69) is 9.97 Å². The van der Waals surface area contributed by atoms with Crippen molar-refractivity contribution in [2.75, 3.05) is 19.1 Å². The lowest BCUT2D eigenvalue weighted by molar-refractivity contribution is 0.409. The Labute approximate surface area is 118 Å². The van der Waals surface area contributed by atoms with Gasteiger partial charge in [0.25, 0.3) is 0 Å². The maximum atomic E-state index is 5.85. The fourth-order valence-corrected chi connectivity index (χ4v) is 2.09. The molecule has 0 atom stereocenters. The van der Waals surface area contributed by atoms with Gasteiger partial charge in [0.05, 0.1) is 7.11 Å². The zero-order valence-corrected chi connectivity index (χ0v) is 12.0. The second-order valence-corrected chi connectivity index (χ2v) is 4.65. The number of aromatic nitrogens is 2. The first-order valence-electron chi connectivity index (χ1n) is 5.94. The molecule has 0 aliphatic carbocycles. The molecule has 0 saturated heterocycles. The molecule has 1 aromatic carbocycles. The zero-order chi connectivity index (χ0) is 13.8. The number of aryl methyl sites for hydroxylation is 1. The topological polar surface area (TPSA) is 38.2 Å². The maximum absolute atomic E-state index is 5.85. The third kappa shape index (κ3) is 3.15. The molecule has 0 aliphatic rings. The van der Waals surface area contributed by atoms with Gasteiger partial charge in [-0.05, 0) is 24.6 Å². The first-order chi connectivity index (χ1) is 9.11. The second kappa shape index (κ2) is 5.89. The molecule has 0 unspecified atom stereocenters. The fraction of sp³-hybridized carbons (Fsp3) is 0.286. The van der Waals surface area contributed by atoms with Gasteiger partial charge in [0, 0.05) is 30.9 Å². The van der Waals surface area contributed by atoms with E-state index in [4.69, 9.17) is 16.3 Å². The number of hydrogen-bond donors (Lipinski definition) is 0. The van der Waals surface area contributed by atoms with E-state index in [0.29, 0.717) is 6.54 Å². The van der Waals surface area contributed by atoms with Crippen LogP contribution in [0.1, 0.15) is 11.1 Å². The van der Waals surface area contributed by atoms with Crippen molar-refractivity contribution < 1.29 is 4.74 Å². The second-order valence-electron chi connectivity index (χ2n) is 4.31. The molecule has 4 nitrogen and oxygen atoms in total. The Morgan fingerprint density at radius 2 is 2.05 bits per heavy atom. The summed E-state index contributed by atoms with van der Waals surface area (Å²) < 4.78 is 5.35. The van der Waals surface area contributed by atoms with Crippen LogP contribution in [0.15, 0.2) is 30.5 Å². The number of halogens is 1. The molecule has 0 spiro atoms. The monoisotopic (exact) mass is 277 g/mol. The standard InChI is InChI=1S/C14H16ClN3O/c1-10-8-16-14(15)17-13(10)18(2)9-11-6-4-5-7-12(11)19-3/h4-8H,9H2,1-3H3. The minimum Gasteiger partial charge on any atom is -0.496 e. The third-order valence-electron chi connectivity index (χ3n) is 2.88. The van der Waals surface area contributed by atoms with E-state index in [0.717, 1.165) is 22.7 Å². The molecule has 19 heavy (non-hydrogen) atoms. The lowest BCUT2D eigenvalue weighted by Gasteiger charge is -2.21. The number of ether oxygens (including phenoxy) is 1. The van der Waals surface area contributed by atoms with Crippen LogP contribution in [0.2, 0.25) is 5.28 Å². The summed E-state index contributed by atoms with van der Waals surface area (Å²) >= 11 is 5.85. The summed E-state index contributed by atoms with van der Waals surface area (Å²) in [6.07, 6.45) is 1.73. The first kappa shape index (κ1) is 13.6. The first-order valence-corrected chi connectivity index (χ1v) is 6.31. The maximum Gasteiger partial charge on any atom is 0.224 e. The van der Waals surface area contributed by atoms with Crippen LogP contribution in [0, 0.1) is 6.92 Å². The molecule has 0 saturated carbocycles. The van der Waals surface area contributed by atoms with Crippen LogP contribution in [-0.2, 0) is 6.54 Å². The highest BCUT2D eigenvalue weighted by Gasteiger charge is 2.11. The Bertz CT molecular complexity index is 574. The van der Waals surface area contributed by atoms with E-state index < -0.39 is 0 Å². The van der Waals surface area contributed by atoms with Crippen LogP contribution in [0.25, 0.3) is 0 Å². The predicted octanol–water partition coefficient (Wildman–Crippen LogP) is 3.08. The molecule has 1 aromatic heterocycles. The van der Waals surface area contributed by atoms with Gasteiger partial charge in [-0.15, -0.1) is 0 Å². The van der Waals surface area contributed by atoms with Crippen molar-refractivity contribution in [2.45, 2.75) is 13.5 Å². The van der Waals surface area contributed by atoms with Crippen LogP contribution >= 0.6 is 11.6 Å². The molecule has 5 heteroatoms. The van der Waals surface area contributed by atoms with Gasteiger partial charge >= 0.3 is 0 Å². The smallest absolute Gasteiger partial charge is 0.224 e. The largest absolute Gasteiger partial charge is 0.496 e. The molecule has 2 aromatic rings. The summed E-state index contributed by atoms with van der Waals surface area (Å²) in [4.78, 5) is 10.3. The molecule has 0 amide bonds. The third-order valence-corrected chi connectivity index (χ3v) is 3.06. The number of anilines is 1. The number of nitrogens with zero attached hydrogens (tertiary/aromatic N) is 3. The van der Waals surface area contributed by atoms with E-state index in [9.17, 15) is 0 Å². The SMILES string of the molecule is COc1ccccc1CN(C)c1nc(Cl)ncc1C. The fourth-order valence-electron chi connectivity index (χ4n) is 1.96. The van der Waals surface area contributed by atoms with Gasteiger partial charge in [0.15, 0.2) is 0 Å². The van der Waals surface area contributed by atoms with Gasteiger partial charge < -0.3 is 9.64 Å². The van der Waals surface area contributed by atoms with Gasteiger partial charge in [-0.3, -0.25) is 0 Å². The zero-order valence-electron chi connectivity index (χ0n) is 11.2. The van der Waals surface area contributed by atoms with E-state index >= 15 is 0 Å². The Balaban J connectivity index is 2.25. The summed E-state index contributed by atoms with van der Waals surface area (Å²) in [6.45, 7) is 2.66. The molecule has 0 radical (unpaired) electrons. The van der Waals surface area contributed by atoms with E-state index in [1.807, 2.05) is 43.1 Å². The van der Waals surface area contributed by atoms with Crippen LogP contribution in [0.5, 0.6) is 5.75 Å². The minimum atomic E-state index is 0.257. The molecule has 0 aliphatic heterocycles. The summed E-state index contributed by atoms with van der Waals surface area (Å²) in [5, 5.41) is 0.257. The van der Waals surface area contributed by atoms with Crippen LogP contribution in [0.3, 0.4) is 0 Å². The number of rotatable bonds is 4. The highest BCUT2D eigenvalue weighted by molar-refractivity contribution is 6.28. The number of para-hydroxylation sites is 1. The van der Waals surface area contributed by atoms with E-state index in [1.54, 1.807) is 13.3 Å². The van der Waals surface area contributed by atoms with E-state index in [-0.39, 0.29) is 5.28 Å². The molecule has 2 rings (SSSR count). The molecule has 100 valence electrons. The van der Waals surface area contributed by atoms with Crippen LogP contribution in [0.4, 0.5) is 5.82 Å². The Morgan fingerprint density at radius 1 is 1.32 bits per heavy atom. The highest BCUT2D eigenvalue weighted by Crippen LogP contribution is 2.23. The van der Waals surface area contributed by atoms with Gasteiger partial charge in [0.1, 0.15) is 11.6 Å². The van der Waals surface area contributed by atoms with Crippen molar-refractivity contribution in [3.05, 3.63) is 46.9 Å². The predicted molar refractivity (Wildman–Crippen MR) is 76.9 cm³/mol. The number of methoxy groups -OCH3 is 1. The Morgan fingerprint density at radius 3 is 2.79 bits per heavy atom. The van der Waals surface area contributed by atoms with Crippen molar-refractivity contribution in [1.82, 2.24) is 9.97 Å². The summed E-state index contributed by atoms with van der Waals surface area (Å²) in [6, 6.07) is 7.93. The lowest BCUT2D eigenvalue weighted by Crippen LogP contribution is -2.19. The van der Waals surface area contributed by atoms with Crippen molar-refractivity contribution in [1.29, 1.82) is 0 Å². The van der Waals surface area contributed by atoms with Crippen molar-refractivity contribution in [2.24, 2.45) is 0 Å². The number of hydrogen-bond acceptors (Lipinski definition) is 4. The van der Waals surface area contributed by atoms with Gasteiger partial charge in [-0.1, -0.05) is 18.2 Å². The van der Waals surface area contributed by atoms with Crippen molar-refractivity contribution in [3.63, 3.8) is 0 Å². The summed E-state index contributed by atoms with van der Waals surface area (Å²) in [5.41, 5.74) is 2.09. The van der Waals surface area contributed by atoms with Crippen molar-refractivity contribution in [3.8, 4) is 5.75 Å². The average molecular weight is 278 g/mol. The molecular weight excluding hydrogens is 262 g/mol. The number of benzene rings is 1. The van der Waals surface area contributed by atoms with Gasteiger partial charge in [0.2, 0.25) is 5.28 Å². The highest BCUT2D eigenvalue weighted by atomic mass is 35.5. The molecule has 1 heterocycles. The molecular formula is C14H16ClN3O. The van der Waals surface area contributed by atoms with E-state index in [1.165, 1.54) is 0 Å². The summed E-state index contributed by atoms with van der Waals surface area (Å²) in [5.74, 6) is 1.69. The lowest BCUT2D eigenvalue weighted by atomic mass is 10.2. The van der Waals surface area contributed by atoms with Crippen LogP contribution in [-0.4, -0.2) is 24.1 Å². The van der Waals surface area contributed by atoms with Gasteiger partial charge in [-0.25, -0.2) is 9.97 Å². The van der Waals surface area contributed by atoms with Crippen molar-refractivity contribution >= 4 is 17.4 Å². The minimum absolute atomic E-state index is 0.257. The normalized spacial score (nSPS) is 10.3. The average Bonchev–Trinajstić information content (AvgIpc) is 2.42. The molecule has 0 fully saturated rings.